The quantitative estimate of drug-likeness (QED) is 0.180. The van der Waals surface area contributed by atoms with Gasteiger partial charge in [-0.2, -0.15) is 0 Å². The van der Waals surface area contributed by atoms with Gasteiger partial charge in [-0.25, -0.2) is 8.42 Å². The first kappa shape index (κ1) is 34.4. The van der Waals surface area contributed by atoms with Gasteiger partial charge in [-0.1, -0.05) is 92.2 Å². The third-order valence-electron chi connectivity index (χ3n) is 7.94. The van der Waals surface area contributed by atoms with Crippen molar-refractivity contribution in [2.45, 2.75) is 65.4 Å². The molecule has 0 fully saturated rings. The summed E-state index contributed by atoms with van der Waals surface area (Å²) < 4.78 is 29.7. The topological polar surface area (TPSA) is 86.8 Å². The zero-order chi connectivity index (χ0) is 33.4. The van der Waals surface area contributed by atoms with Crippen molar-refractivity contribution in [3.05, 3.63) is 130 Å². The maximum Gasteiger partial charge on any atom is 0.264 e. The molecule has 1 atom stereocenters. The first-order valence-electron chi connectivity index (χ1n) is 15.7. The molecule has 1 unspecified atom stereocenters. The summed E-state index contributed by atoms with van der Waals surface area (Å²) in [5, 5.41) is 3.03. The Morgan fingerprint density at radius 2 is 1.37 bits per heavy atom. The fourth-order valence-electron chi connectivity index (χ4n) is 5.41. The number of nitrogens with one attached hydrogen (secondary N) is 1. The molecule has 0 aromatic heterocycles. The predicted molar refractivity (Wildman–Crippen MR) is 185 cm³/mol. The Kier molecular flexibility index (Phi) is 11.4. The molecule has 46 heavy (non-hydrogen) atoms. The molecule has 0 aliphatic carbocycles. The van der Waals surface area contributed by atoms with Crippen molar-refractivity contribution in [2.75, 3.05) is 17.4 Å². The Labute approximate surface area is 274 Å². The van der Waals surface area contributed by atoms with E-state index in [0.29, 0.717) is 12.2 Å². The van der Waals surface area contributed by atoms with Crippen LogP contribution in [0.5, 0.6) is 0 Å². The van der Waals surface area contributed by atoms with Crippen LogP contribution in [0.2, 0.25) is 0 Å². The van der Waals surface area contributed by atoms with Crippen molar-refractivity contribution >= 4 is 27.5 Å². The normalized spacial score (nSPS) is 12.1. The summed E-state index contributed by atoms with van der Waals surface area (Å²) in [5.74, 6) is -0.542. The summed E-state index contributed by atoms with van der Waals surface area (Å²) in [7, 11) is -4.16. The van der Waals surface area contributed by atoms with Crippen molar-refractivity contribution in [1.29, 1.82) is 0 Å². The van der Waals surface area contributed by atoms with E-state index >= 15 is 0 Å². The SMILES string of the molecule is Cc1ccc(S(=O)(=O)N(CC(=O)N(Cc2ccccc2C)C(Cc2ccccc2)C(=O)NCC(C)C)c2cc(C)cc(C)c2)cc1. The molecule has 0 radical (unpaired) electrons. The van der Waals surface area contributed by atoms with E-state index in [4.69, 9.17) is 0 Å². The lowest BCUT2D eigenvalue weighted by atomic mass is 10.0. The second-order valence-corrected chi connectivity index (χ2v) is 14.3. The van der Waals surface area contributed by atoms with Crippen molar-refractivity contribution in [1.82, 2.24) is 10.2 Å². The molecule has 0 spiro atoms. The summed E-state index contributed by atoms with van der Waals surface area (Å²) in [4.78, 5) is 30.2. The molecule has 0 saturated carbocycles. The van der Waals surface area contributed by atoms with Crippen LogP contribution in [0.3, 0.4) is 0 Å². The van der Waals surface area contributed by atoms with Gasteiger partial charge in [-0.05, 0) is 85.7 Å². The van der Waals surface area contributed by atoms with Gasteiger partial charge in [0.15, 0.2) is 0 Å². The Morgan fingerprint density at radius 3 is 1.98 bits per heavy atom. The molecule has 2 amide bonds. The monoisotopic (exact) mass is 639 g/mol. The van der Waals surface area contributed by atoms with E-state index in [2.05, 4.69) is 5.32 Å². The lowest BCUT2D eigenvalue weighted by Gasteiger charge is -2.34. The lowest BCUT2D eigenvalue weighted by molar-refractivity contribution is -0.140. The highest BCUT2D eigenvalue weighted by Crippen LogP contribution is 2.27. The smallest absolute Gasteiger partial charge is 0.264 e. The zero-order valence-corrected chi connectivity index (χ0v) is 28.5. The van der Waals surface area contributed by atoms with Gasteiger partial charge in [-0.15, -0.1) is 0 Å². The minimum absolute atomic E-state index is 0.0889. The number of amides is 2. The molecule has 4 aromatic rings. The van der Waals surface area contributed by atoms with Gasteiger partial charge in [0.25, 0.3) is 10.0 Å². The van der Waals surface area contributed by atoms with Crippen LogP contribution < -0.4 is 9.62 Å². The Morgan fingerprint density at radius 1 is 0.761 bits per heavy atom. The number of carbonyl (C=O) groups is 2. The summed E-state index contributed by atoms with van der Waals surface area (Å²) in [6.07, 6.45) is 0.274. The van der Waals surface area contributed by atoms with Gasteiger partial charge in [0.1, 0.15) is 12.6 Å². The number of hydrogen-bond acceptors (Lipinski definition) is 4. The standard InChI is InChI=1S/C38H45N3O4S/c1-27(2)24-39-38(43)36(23-32-13-8-7-9-14-32)40(25-33-15-11-10-12-31(33)6)37(42)26-41(34-21-29(4)20-30(5)22-34)46(44,45)35-18-16-28(3)17-19-35/h7-22,27,36H,23-26H2,1-6H3,(H,39,43). The largest absolute Gasteiger partial charge is 0.354 e. The van der Waals surface area contributed by atoms with Gasteiger partial charge in [0.05, 0.1) is 10.6 Å². The Hall–Kier alpha value is -4.43. The molecule has 0 bridgehead atoms. The molecule has 0 heterocycles. The van der Waals surface area contributed by atoms with Crippen LogP contribution in [0, 0.1) is 33.6 Å². The highest BCUT2D eigenvalue weighted by Gasteiger charge is 2.35. The molecule has 7 nitrogen and oxygen atoms in total. The third kappa shape index (κ3) is 8.85. The van der Waals surface area contributed by atoms with Crippen LogP contribution in [0.25, 0.3) is 0 Å². The van der Waals surface area contributed by atoms with Crippen LogP contribution in [-0.2, 0) is 32.6 Å². The molecule has 4 aromatic carbocycles. The maximum atomic E-state index is 14.7. The molecule has 1 N–H and O–H groups in total. The lowest BCUT2D eigenvalue weighted by Crippen LogP contribution is -2.53. The molecular formula is C38H45N3O4S. The van der Waals surface area contributed by atoms with Crippen molar-refractivity contribution in [3.63, 3.8) is 0 Å². The number of hydrogen-bond donors (Lipinski definition) is 1. The van der Waals surface area contributed by atoms with E-state index < -0.39 is 28.5 Å². The number of benzene rings is 4. The van der Waals surface area contributed by atoms with Crippen LogP contribution in [0.1, 0.15) is 47.2 Å². The van der Waals surface area contributed by atoms with Crippen LogP contribution in [0.15, 0.2) is 102 Å². The van der Waals surface area contributed by atoms with Gasteiger partial charge in [0.2, 0.25) is 11.8 Å². The van der Waals surface area contributed by atoms with E-state index in [1.165, 1.54) is 4.31 Å². The predicted octanol–water partition coefficient (Wildman–Crippen LogP) is 6.53. The van der Waals surface area contributed by atoms with Gasteiger partial charge < -0.3 is 10.2 Å². The van der Waals surface area contributed by atoms with Gasteiger partial charge in [0, 0.05) is 19.5 Å². The van der Waals surface area contributed by atoms with E-state index in [1.54, 1.807) is 41.3 Å². The molecular weight excluding hydrogens is 595 g/mol. The zero-order valence-electron chi connectivity index (χ0n) is 27.7. The second kappa shape index (κ2) is 15.2. The highest BCUT2D eigenvalue weighted by molar-refractivity contribution is 7.92. The van der Waals surface area contributed by atoms with Crippen molar-refractivity contribution < 1.29 is 18.0 Å². The number of nitrogens with zero attached hydrogens (tertiary/aromatic N) is 2. The Balaban J connectivity index is 1.83. The van der Waals surface area contributed by atoms with E-state index in [0.717, 1.165) is 33.4 Å². The number of rotatable bonds is 13. The number of aryl methyl sites for hydroxylation is 4. The fraction of sp³-hybridized carbons (Fsp3) is 0.316. The van der Waals surface area contributed by atoms with E-state index in [9.17, 15) is 18.0 Å². The molecule has 0 saturated heterocycles. The minimum atomic E-state index is -4.16. The van der Waals surface area contributed by atoms with Crippen LogP contribution in [-0.4, -0.2) is 44.3 Å². The fourth-order valence-corrected chi connectivity index (χ4v) is 6.81. The summed E-state index contributed by atoms with van der Waals surface area (Å²) in [5.41, 5.74) is 5.81. The average molecular weight is 640 g/mol. The van der Waals surface area contributed by atoms with E-state index in [1.807, 2.05) is 102 Å². The van der Waals surface area contributed by atoms with Crippen LogP contribution in [0.4, 0.5) is 5.69 Å². The second-order valence-electron chi connectivity index (χ2n) is 12.5. The molecule has 242 valence electrons. The molecule has 0 aliphatic heterocycles. The first-order valence-corrected chi connectivity index (χ1v) is 17.1. The van der Waals surface area contributed by atoms with Gasteiger partial charge in [-0.3, -0.25) is 13.9 Å². The molecule has 4 rings (SSSR count). The summed E-state index contributed by atoms with van der Waals surface area (Å²) >= 11 is 0. The van der Waals surface area contributed by atoms with Crippen LogP contribution >= 0.6 is 0 Å². The van der Waals surface area contributed by atoms with Crippen molar-refractivity contribution in [2.24, 2.45) is 5.92 Å². The third-order valence-corrected chi connectivity index (χ3v) is 9.73. The number of anilines is 1. The van der Waals surface area contributed by atoms with E-state index in [-0.39, 0.29) is 29.7 Å². The maximum absolute atomic E-state index is 14.7. The average Bonchev–Trinajstić information content (AvgIpc) is 3.01. The highest BCUT2D eigenvalue weighted by atomic mass is 32.2. The number of carbonyl (C=O) groups excluding carboxylic acids is 2. The first-order chi connectivity index (χ1) is 21.8. The number of sulfonamides is 1. The Bertz CT molecular complexity index is 1730. The van der Waals surface area contributed by atoms with Crippen molar-refractivity contribution in [3.8, 4) is 0 Å². The summed E-state index contributed by atoms with van der Waals surface area (Å²) in [6, 6.07) is 28.6. The van der Waals surface area contributed by atoms with Gasteiger partial charge >= 0.3 is 0 Å². The molecule has 8 heteroatoms. The molecule has 0 aliphatic rings. The minimum Gasteiger partial charge on any atom is -0.354 e. The summed E-state index contributed by atoms with van der Waals surface area (Å²) in [6.45, 7) is 11.8.